The van der Waals surface area contributed by atoms with Crippen LogP contribution in [0.1, 0.15) is 49.9 Å². The molecule has 1 fully saturated rings. The molecular weight excluding hydrogens is 496 g/mol. The number of Topliss-reactive ketones (excluding diaryl/α,β-unsaturated/α-hetero) is 1. The molecule has 0 spiro atoms. The van der Waals surface area contributed by atoms with Crippen LogP contribution >= 0.6 is 15.9 Å². The highest BCUT2D eigenvalue weighted by molar-refractivity contribution is 9.10. The van der Waals surface area contributed by atoms with Gasteiger partial charge in [-0.2, -0.15) is 0 Å². The lowest BCUT2D eigenvalue weighted by atomic mass is 9.94. The fraction of sp³-hybridized carbons (Fsp3) is 0.407. The molecule has 0 saturated carbocycles. The van der Waals surface area contributed by atoms with Crippen LogP contribution < -0.4 is 4.74 Å². The summed E-state index contributed by atoms with van der Waals surface area (Å²) in [6.07, 6.45) is 1.56. The Labute approximate surface area is 209 Å². The van der Waals surface area contributed by atoms with Crippen LogP contribution in [0.4, 0.5) is 0 Å². The number of amides is 1. The highest BCUT2D eigenvalue weighted by Gasteiger charge is 2.46. The zero-order chi connectivity index (χ0) is 24.4. The summed E-state index contributed by atoms with van der Waals surface area (Å²) in [5.41, 5.74) is 2.44. The van der Waals surface area contributed by atoms with E-state index in [1.54, 1.807) is 11.0 Å². The molecule has 0 bridgehead atoms. The van der Waals surface area contributed by atoms with E-state index in [0.717, 1.165) is 53.8 Å². The van der Waals surface area contributed by atoms with Gasteiger partial charge in [-0.1, -0.05) is 41.9 Å². The largest absolute Gasteiger partial charge is 0.507 e. The van der Waals surface area contributed by atoms with Crippen LogP contribution in [0.5, 0.6) is 5.75 Å². The number of ether oxygens (including phenoxy) is 1. The van der Waals surface area contributed by atoms with Crippen LogP contribution in [-0.4, -0.2) is 58.9 Å². The molecule has 180 valence electrons. The highest BCUT2D eigenvalue weighted by Crippen LogP contribution is 2.41. The smallest absolute Gasteiger partial charge is 0.295 e. The van der Waals surface area contributed by atoms with Crippen molar-refractivity contribution in [1.82, 2.24) is 9.80 Å². The van der Waals surface area contributed by atoms with Gasteiger partial charge in [0, 0.05) is 23.0 Å². The zero-order valence-corrected chi connectivity index (χ0v) is 21.5. The van der Waals surface area contributed by atoms with Crippen molar-refractivity contribution in [1.29, 1.82) is 0 Å². The first-order valence-electron chi connectivity index (χ1n) is 11.9. The van der Waals surface area contributed by atoms with Gasteiger partial charge in [0.1, 0.15) is 17.6 Å². The second kappa shape index (κ2) is 10.3. The molecule has 1 saturated heterocycles. The number of hydrogen-bond donors (Lipinski definition) is 1. The van der Waals surface area contributed by atoms with Gasteiger partial charge in [-0.15, -0.1) is 0 Å². The predicted molar refractivity (Wildman–Crippen MR) is 136 cm³/mol. The number of benzene rings is 2. The zero-order valence-electron chi connectivity index (χ0n) is 19.9. The van der Waals surface area contributed by atoms with Crippen molar-refractivity contribution in [3.05, 3.63) is 69.2 Å². The molecule has 2 aliphatic rings. The second-order valence-electron chi connectivity index (χ2n) is 8.88. The SMILES string of the molecule is CCN(CC)CCCN1C(=O)C(=O)C(=C(O)c2ccc3c(c2)C[C@@H](C)O3)[C@@H]1c1cccc(Br)c1. The molecule has 6 nitrogen and oxygen atoms in total. The van der Waals surface area contributed by atoms with E-state index in [4.69, 9.17) is 4.74 Å². The first-order valence-corrected chi connectivity index (χ1v) is 12.7. The number of nitrogens with zero attached hydrogens (tertiary/aromatic N) is 2. The molecule has 2 heterocycles. The van der Waals surface area contributed by atoms with Gasteiger partial charge in [0.25, 0.3) is 11.7 Å². The number of halogens is 1. The monoisotopic (exact) mass is 526 g/mol. The number of fused-ring (bicyclic) bond motifs is 1. The molecule has 2 aromatic carbocycles. The van der Waals surface area contributed by atoms with Gasteiger partial charge in [-0.05, 0) is 74.4 Å². The van der Waals surface area contributed by atoms with E-state index in [0.29, 0.717) is 12.1 Å². The van der Waals surface area contributed by atoms with E-state index in [9.17, 15) is 14.7 Å². The summed E-state index contributed by atoms with van der Waals surface area (Å²) in [6.45, 7) is 9.36. The summed E-state index contributed by atoms with van der Waals surface area (Å²) in [5.74, 6) is -0.555. The van der Waals surface area contributed by atoms with Crippen molar-refractivity contribution < 1.29 is 19.4 Å². The molecular formula is C27H31BrN2O4. The molecule has 0 radical (unpaired) electrons. The summed E-state index contributed by atoms with van der Waals surface area (Å²) in [7, 11) is 0. The molecule has 0 unspecified atom stereocenters. The normalized spacial score (nSPS) is 21.3. The number of rotatable bonds is 8. The minimum atomic E-state index is -0.643. The van der Waals surface area contributed by atoms with Crippen LogP contribution in [-0.2, 0) is 16.0 Å². The Morgan fingerprint density at radius 1 is 1.18 bits per heavy atom. The number of aliphatic hydroxyl groups is 1. The summed E-state index contributed by atoms with van der Waals surface area (Å²) in [6, 6.07) is 12.4. The van der Waals surface area contributed by atoms with Gasteiger partial charge < -0.3 is 19.6 Å². The average Bonchev–Trinajstić information content (AvgIpc) is 3.32. The predicted octanol–water partition coefficient (Wildman–Crippen LogP) is 4.93. The molecule has 2 aliphatic heterocycles. The number of likely N-dealkylation sites (tertiary alicyclic amines) is 1. The summed E-state index contributed by atoms with van der Waals surface area (Å²) in [5, 5.41) is 11.3. The van der Waals surface area contributed by atoms with Crippen LogP contribution in [0.2, 0.25) is 0 Å². The molecule has 7 heteroatoms. The van der Waals surface area contributed by atoms with E-state index in [1.807, 2.05) is 43.3 Å². The number of hydrogen-bond acceptors (Lipinski definition) is 5. The third-order valence-corrected chi connectivity index (χ3v) is 7.13. The fourth-order valence-electron chi connectivity index (χ4n) is 4.86. The molecule has 4 rings (SSSR count). The lowest BCUT2D eigenvalue weighted by Gasteiger charge is -2.27. The maximum absolute atomic E-state index is 13.2. The maximum atomic E-state index is 13.2. The number of aliphatic hydroxyl groups excluding tert-OH is 1. The first kappa shape index (κ1) is 24.5. The number of carbonyl (C=O) groups excluding carboxylic acids is 2. The molecule has 1 N–H and O–H groups in total. The summed E-state index contributed by atoms with van der Waals surface area (Å²) in [4.78, 5) is 30.3. The van der Waals surface area contributed by atoms with Crippen molar-refractivity contribution in [2.75, 3.05) is 26.2 Å². The molecule has 0 aliphatic carbocycles. The van der Waals surface area contributed by atoms with Crippen molar-refractivity contribution in [3.8, 4) is 5.75 Å². The third-order valence-electron chi connectivity index (χ3n) is 6.64. The van der Waals surface area contributed by atoms with Crippen molar-refractivity contribution >= 4 is 33.4 Å². The maximum Gasteiger partial charge on any atom is 0.295 e. The van der Waals surface area contributed by atoms with Crippen molar-refractivity contribution in [2.24, 2.45) is 0 Å². The second-order valence-corrected chi connectivity index (χ2v) is 9.80. The van der Waals surface area contributed by atoms with Crippen LogP contribution in [0, 0.1) is 0 Å². The molecule has 0 aromatic heterocycles. The van der Waals surface area contributed by atoms with Gasteiger partial charge >= 0.3 is 0 Å². The van der Waals surface area contributed by atoms with Crippen LogP contribution in [0.25, 0.3) is 5.76 Å². The Morgan fingerprint density at radius 3 is 2.65 bits per heavy atom. The Balaban J connectivity index is 1.73. The molecule has 34 heavy (non-hydrogen) atoms. The third kappa shape index (κ3) is 4.77. The fourth-order valence-corrected chi connectivity index (χ4v) is 5.28. The van der Waals surface area contributed by atoms with Gasteiger partial charge in [0.15, 0.2) is 0 Å². The Kier molecular flexibility index (Phi) is 7.43. The van der Waals surface area contributed by atoms with E-state index < -0.39 is 17.7 Å². The van der Waals surface area contributed by atoms with Gasteiger partial charge in [0.2, 0.25) is 0 Å². The minimum Gasteiger partial charge on any atom is -0.507 e. The van der Waals surface area contributed by atoms with Crippen molar-refractivity contribution in [2.45, 2.75) is 45.8 Å². The van der Waals surface area contributed by atoms with E-state index in [2.05, 4.69) is 34.7 Å². The average molecular weight is 527 g/mol. The standard InChI is InChI=1S/C27H31BrN2O4/c1-4-29(5-2)12-7-13-30-24(18-8-6-9-21(28)16-18)23(26(32)27(30)33)25(31)19-10-11-22-20(15-19)14-17(3)34-22/h6,8-11,15-17,24,31H,4-5,7,12-14H2,1-3H3/t17-,24+/m1/s1. The lowest BCUT2D eigenvalue weighted by Crippen LogP contribution is -2.33. The number of ketones is 1. The first-order chi connectivity index (χ1) is 16.3. The van der Waals surface area contributed by atoms with Gasteiger partial charge in [-0.3, -0.25) is 9.59 Å². The topological polar surface area (TPSA) is 70.1 Å². The van der Waals surface area contributed by atoms with Crippen molar-refractivity contribution in [3.63, 3.8) is 0 Å². The Hall–Kier alpha value is -2.64. The highest BCUT2D eigenvalue weighted by atomic mass is 79.9. The van der Waals surface area contributed by atoms with Crippen LogP contribution in [0.15, 0.2) is 52.5 Å². The molecule has 1 amide bonds. The quantitative estimate of drug-likeness (QED) is 0.300. The van der Waals surface area contributed by atoms with Crippen LogP contribution in [0.3, 0.4) is 0 Å². The molecule has 2 aromatic rings. The van der Waals surface area contributed by atoms with Gasteiger partial charge in [0.05, 0.1) is 11.6 Å². The van der Waals surface area contributed by atoms with Gasteiger partial charge in [-0.25, -0.2) is 0 Å². The Bertz CT molecular complexity index is 1130. The van der Waals surface area contributed by atoms with E-state index in [1.165, 1.54) is 0 Å². The minimum absolute atomic E-state index is 0.0745. The molecule has 2 atom stereocenters. The summed E-state index contributed by atoms with van der Waals surface area (Å²) >= 11 is 3.50. The summed E-state index contributed by atoms with van der Waals surface area (Å²) < 4.78 is 6.62. The Morgan fingerprint density at radius 2 is 1.94 bits per heavy atom. The van der Waals surface area contributed by atoms with E-state index in [-0.39, 0.29) is 17.4 Å². The lowest BCUT2D eigenvalue weighted by molar-refractivity contribution is -0.140. The van der Waals surface area contributed by atoms with E-state index >= 15 is 0 Å². The number of carbonyl (C=O) groups is 2.